The molecule has 0 unspecified atom stereocenters. The number of para-hydroxylation sites is 1. The zero-order chi connectivity index (χ0) is 19.7. The van der Waals surface area contributed by atoms with Crippen LogP contribution in [0.5, 0.6) is 0 Å². The van der Waals surface area contributed by atoms with Crippen molar-refractivity contribution in [1.29, 1.82) is 0 Å². The van der Waals surface area contributed by atoms with Crippen LogP contribution in [0.25, 0.3) is 65.8 Å². The molecular formula is C28H16O2. The number of hydrogen-bond acceptors (Lipinski definition) is 2. The lowest BCUT2D eigenvalue weighted by atomic mass is 10.0. The van der Waals surface area contributed by atoms with Crippen molar-refractivity contribution >= 4 is 54.6 Å². The van der Waals surface area contributed by atoms with Crippen LogP contribution in [0.1, 0.15) is 0 Å². The molecule has 5 aromatic carbocycles. The molecule has 0 aliphatic rings. The second kappa shape index (κ2) is 5.74. The molecule has 0 N–H and O–H groups in total. The van der Waals surface area contributed by atoms with Gasteiger partial charge in [-0.3, -0.25) is 0 Å². The minimum Gasteiger partial charge on any atom is -0.455 e. The van der Waals surface area contributed by atoms with E-state index in [-0.39, 0.29) is 0 Å². The molecule has 0 saturated carbocycles. The van der Waals surface area contributed by atoms with Crippen LogP contribution in [-0.4, -0.2) is 0 Å². The predicted octanol–water partition coefficient (Wildman–Crippen LogP) is 8.31. The zero-order valence-electron chi connectivity index (χ0n) is 16.1. The molecule has 0 aliphatic carbocycles. The molecule has 0 amide bonds. The van der Waals surface area contributed by atoms with Crippen molar-refractivity contribution < 1.29 is 8.83 Å². The Bertz CT molecular complexity index is 1730. The Labute approximate surface area is 171 Å². The molecule has 0 spiro atoms. The molecule has 2 nitrogen and oxygen atoms in total. The van der Waals surface area contributed by atoms with Crippen molar-refractivity contribution in [3.8, 4) is 11.1 Å². The Morgan fingerprint density at radius 3 is 1.90 bits per heavy atom. The fourth-order valence-corrected chi connectivity index (χ4v) is 4.63. The van der Waals surface area contributed by atoms with E-state index in [1.54, 1.807) is 0 Å². The minimum absolute atomic E-state index is 0.886. The van der Waals surface area contributed by atoms with Gasteiger partial charge in [0.1, 0.15) is 22.3 Å². The van der Waals surface area contributed by atoms with E-state index in [9.17, 15) is 0 Å². The molecule has 0 fully saturated rings. The van der Waals surface area contributed by atoms with Crippen molar-refractivity contribution in [3.05, 3.63) is 97.1 Å². The summed E-state index contributed by atoms with van der Waals surface area (Å²) in [5.74, 6) is 0. The maximum atomic E-state index is 6.40. The molecule has 0 radical (unpaired) electrons. The van der Waals surface area contributed by atoms with Gasteiger partial charge >= 0.3 is 0 Å². The monoisotopic (exact) mass is 384 g/mol. The van der Waals surface area contributed by atoms with Gasteiger partial charge in [0, 0.05) is 21.5 Å². The first kappa shape index (κ1) is 15.8. The third-order valence-corrected chi connectivity index (χ3v) is 6.07. The van der Waals surface area contributed by atoms with Gasteiger partial charge in [0.25, 0.3) is 0 Å². The van der Waals surface area contributed by atoms with E-state index in [2.05, 4.69) is 72.8 Å². The summed E-state index contributed by atoms with van der Waals surface area (Å²) in [6.07, 6.45) is 0. The molecule has 140 valence electrons. The Kier molecular flexibility index (Phi) is 3.03. The van der Waals surface area contributed by atoms with Crippen LogP contribution in [0.3, 0.4) is 0 Å². The minimum atomic E-state index is 0.886. The first-order valence-corrected chi connectivity index (χ1v) is 10.1. The third kappa shape index (κ3) is 2.08. The topological polar surface area (TPSA) is 26.3 Å². The van der Waals surface area contributed by atoms with Crippen LogP contribution in [0.4, 0.5) is 0 Å². The van der Waals surface area contributed by atoms with Crippen molar-refractivity contribution in [1.82, 2.24) is 0 Å². The first-order valence-electron chi connectivity index (χ1n) is 10.1. The molecule has 2 heteroatoms. The molecule has 0 atom stereocenters. The molecule has 0 bridgehead atoms. The summed E-state index contributed by atoms with van der Waals surface area (Å²) >= 11 is 0. The van der Waals surface area contributed by atoms with E-state index < -0.39 is 0 Å². The van der Waals surface area contributed by atoms with Gasteiger partial charge in [-0.25, -0.2) is 0 Å². The van der Waals surface area contributed by atoms with E-state index >= 15 is 0 Å². The third-order valence-electron chi connectivity index (χ3n) is 6.07. The fourth-order valence-electron chi connectivity index (χ4n) is 4.63. The highest BCUT2D eigenvalue weighted by atomic mass is 16.3. The van der Waals surface area contributed by atoms with Gasteiger partial charge in [0.05, 0.1) is 5.39 Å². The average molecular weight is 384 g/mol. The summed E-state index contributed by atoms with van der Waals surface area (Å²) in [4.78, 5) is 0. The highest BCUT2D eigenvalue weighted by Crippen LogP contribution is 2.41. The Morgan fingerprint density at radius 2 is 1.10 bits per heavy atom. The maximum absolute atomic E-state index is 6.40. The SMILES string of the molecule is c1ccc(-c2ccc3oc4c(ccc5ccc6c7ccccc7oc6c54)c3c2)cc1. The quantitative estimate of drug-likeness (QED) is 0.284. The molecule has 30 heavy (non-hydrogen) atoms. The van der Waals surface area contributed by atoms with Gasteiger partial charge in [0.15, 0.2) is 0 Å². The van der Waals surface area contributed by atoms with E-state index in [0.717, 1.165) is 54.6 Å². The lowest BCUT2D eigenvalue weighted by Crippen LogP contribution is -1.77. The largest absolute Gasteiger partial charge is 0.455 e. The summed E-state index contributed by atoms with van der Waals surface area (Å²) in [7, 11) is 0. The van der Waals surface area contributed by atoms with Crippen molar-refractivity contribution in [2.75, 3.05) is 0 Å². The van der Waals surface area contributed by atoms with Crippen LogP contribution in [-0.2, 0) is 0 Å². The lowest BCUT2D eigenvalue weighted by molar-refractivity contribution is 0.663. The van der Waals surface area contributed by atoms with Crippen LogP contribution in [0.15, 0.2) is 106 Å². The lowest BCUT2D eigenvalue weighted by Gasteiger charge is -2.01. The molecule has 0 saturated heterocycles. The number of benzene rings is 5. The Hall–Kier alpha value is -4.04. The highest BCUT2D eigenvalue weighted by Gasteiger charge is 2.16. The normalized spacial score (nSPS) is 12.0. The number of hydrogen-bond donors (Lipinski definition) is 0. The van der Waals surface area contributed by atoms with Crippen molar-refractivity contribution in [3.63, 3.8) is 0 Å². The van der Waals surface area contributed by atoms with Gasteiger partial charge < -0.3 is 8.83 Å². The smallest absolute Gasteiger partial charge is 0.147 e. The van der Waals surface area contributed by atoms with Crippen LogP contribution in [0, 0.1) is 0 Å². The second-order valence-electron chi connectivity index (χ2n) is 7.76. The summed E-state index contributed by atoms with van der Waals surface area (Å²) in [5, 5.41) is 6.66. The van der Waals surface area contributed by atoms with Gasteiger partial charge in [-0.05, 0) is 46.8 Å². The molecule has 2 aromatic heterocycles. The van der Waals surface area contributed by atoms with Crippen LogP contribution in [0.2, 0.25) is 0 Å². The van der Waals surface area contributed by atoms with Crippen molar-refractivity contribution in [2.24, 2.45) is 0 Å². The summed E-state index contributed by atoms with van der Waals surface area (Å²) < 4.78 is 12.7. The molecular weight excluding hydrogens is 368 g/mol. The Morgan fingerprint density at radius 1 is 0.433 bits per heavy atom. The molecule has 2 heterocycles. The molecule has 7 rings (SSSR count). The van der Waals surface area contributed by atoms with Crippen molar-refractivity contribution in [2.45, 2.75) is 0 Å². The van der Waals surface area contributed by atoms with Gasteiger partial charge in [-0.15, -0.1) is 0 Å². The number of furan rings is 2. The summed E-state index contributed by atoms with van der Waals surface area (Å²) in [6, 6.07) is 33.7. The first-order chi connectivity index (χ1) is 14.9. The van der Waals surface area contributed by atoms with E-state index in [0.29, 0.717) is 0 Å². The predicted molar refractivity (Wildman–Crippen MR) is 124 cm³/mol. The van der Waals surface area contributed by atoms with Gasteiger partial charge in [-0.2, -0.15) is 0 Å². The van der Waals surface area contributed by atoms with Gasteiger partial charge in [-0.1, -0.05) is 66.7 Å². The second-order valence-corrected chi connectivity index (χ2v) is 7.76. The fraction of sp³-hybridized carbons (Fsp3) is 0. The van der Waals surface area contributed by atoms with E-state index in [4.69, 9.17) is 8.83 Å². The molecule has 7 aromatic rings. The maximum Gasteiger partial charge on any atom is 0.147 e. The Balaban J connectivity index is 1.61. The standard InChI is InChI=1S/C28H16O2/c1-2-6-17(7-3-1)19-12-15-25-23(16-19)22-14-11-18-10-13-21-20-8-4-5-9-24(20)29-27(21)26(18)28(22)30-25/h1-16H. The summed E-state index contributed by atoms with van der Waals surface area (Å²) in [6.45, 7) is 0. The van der Waals surface area contributed by atoms with E-state index in [1.807, 2.05) is 24.3 Å². The van der Waals surface area contributed by atoms with E-state index in [1.165, 1.54) is 11.1 Å². The van der Waals surface area contributed by atoms with Gasteiger partial charge in [0.2, 0.25) is 0 Å². The molecule has 0 aliphatic heterocycles. The highest BCUT2D eigenvalue weighted by molar-refractivity contribution is 6.25. The van der Waals surface area contributed by atoms with Crippen LogP contribution < -0.4 is 0 Å². The number of fused-ring (bicyclic) bond motifs is 9. The zero-order valence-corrected chi connectivity index (χ0v) is 16.1. The van der Waals surface area contributed by atoms with Crippen LogP contribution >= 0.6 is 0 Å². The average Bonchev–Trinajstić information content (AvgIpc) is 3.37. The summed E-state index contributed by atoms with van der Waals surface area (Å²) in [5.41, 5.74) is 5.96. The number of rotatable bonds is 1.